The molecule has 192 valence electrons. The van der Waals surface area contributed by atoms with Gasteiger partial charge >= 0.3 is 5.97 Å². The number of allylic oxidation sites excluding steroid dienone is 1. The highest BCUT2D eigenvalue weighted by Crippen LogP contribution is 2.57. The number of benzene rings is 1. The van der Waals surface area contributed by atoms with E-state index >= 15 is 0 Å². The minimum absolute atomic E-state index is 0.141. The second kappa shape index (κ2) is 9.32. The van der Waals surface area contributed by atoms with Gasteiger partial charge in [0.15, 0.2) is 0 Å². The first-order valence-electron chi connectivity index (χ1n) is 12.5. The topological polar surface area (TPSA) is 96.4 Å². The fraction of sp³-hybridized carbons (Fsp3) is 0.519. The van der Waals surface area contributed by atoms with Crippen LogP contribution in [0.1, 0.15) is 31.7 Å². The molecule has 1 spiro atoms. The molecule has 2 fully saturated rings. The highest BCUT2D eigenvalue weighted by atomic mass is 35.5. The number of hydrogen-bond acceptors (Lipinski definition) is 6. The summed E-state index contributed by atoms with van der Waals surface area (Å²) in [5.74, 6) is -3.02. The van der Waals surface area contributed by atoms with E-state index in [0.717, 1.165) is 5.56 Å². The number of carbonyl (C=O) groups is 3. The van der Waals surface area contributed by atoms with Gasteiger partial charge in [-0.05, 0) is 44.7 Å². The standard InChI is InChI=1S/C27H31ClN2O6/c1-17-9-6-10-18(28)21(17)29-13-7-12-27-19(23(32)30(14-8-15-31)22(27)24(29)33)20-25(34)35-16-5-3-4-11-26(20,2)36-27/h4,6-7,9-12,19-20,22,31H,3,5,8,13-16H2,1-2H3/b11-4-/t19-,20-,22?,26+,27-/m0/s1. The van der Waals surface area contributed by atoms with E-state index in [9.17, 15) is 19.5 Å². The van der Waals surface area contributed by atoms with Gasteiger partial charge in [0, 0.05) is 19.7 Å². The Hall–Kier alpha value is -2.68. The average Bonchev–Trinajstić information content (AvgIpc) is 3.18. The normalized spacial score (nSPS) is 34.8. The maximum Gasteiger partial charge on any atom is 0.313 e. The second-order valence-corrected chi connectivity index (χ2v) is 10.5. The maximum absolute atomic E-state index is 14.3. The third-order valence-electron chi connectivity index (χ3n) is 7.77. The molecule has 4 heterocycles. The average molecular weight is 515 g/mol. The molecule has 2 saturated heterocycles. The Labute approximate surface area is 215 Å². The number of esters is 1. The summed E-state index contributed by atoms with van der Waals surface area (Å²) >= 11 is 6.54. The summed E-state index contributed by atoms with van der Waals surface area (Å²) in [6.07, 6.45) is 9.10. The molecule has 0 radical (unpaired) electrons. The van der Waals surface area contributed by atoms with E-state index < -0.39 is 35.0 Å². The smallest absolute Gasteiger partial charge is 0.313 e. The Bertz CT molecular complexity index is 1130. The number of hydrogen-bond donors (Lipinski definition) is 1. The number of aliphatic hydroxyl groups is 1. The van der Waals surface area contributed by atoms with E-state index in [2.05, 4.69) is 0 Å². The lowest BCUT2D eigenvalue weighted by molar-refractivity contribution is -0.158. The third-order valence-corrected chi connectivity index (χ3v) is 8.07. The number of ether oxygens (including phenoxy) is 2. The van der Waals surface area contributed by atoms with Crippen LogP contribution in [-0.2, 0) is 23.9 Å². The monoisotopic (exact) mass is 514 g/mol. The Morgan fingerprint density at radius 3 is 2.69 bits per heavy atom. The zero-order chi connectivity index (χ0) is 25.7. The van der Waals surface area contributed by atoms with Crippen LogP contribution in [0, 0.1) is 18.8 Å². The van der Waals surface area contributed by atoms with Gasteiger partial charge in [0.05, 0.1) is 28.8 Å². The molecule has 4 aliphatic heterocycles. The van der Waals surface area contributed by atoms with Crippen molar-refractivity contribution in [2.75, 3.05) is 31.2 Å². The molecule has 0 aromatic heterocycles. The van der Waals surface area contributed by atoms with E-state index in [1.807, 2.05) is 37.3 Å². The fourth-order valence-corrected chi connectivity index (χ4v) is 6.60. The van der Waals surface area contributed by atoms with E-state index in [-0.39, 0.29) is 38.1 Å². The number of halogens is 1. The van der Waals surface area contributed by atoms with Crippen LogP contribution in [0.25, 0.3) is 0 Å². The number of aryl methyl sites for hydroxylation is 1. The Morgan fingerprint density at radius 1 is 1.14 bits per heavy atom. The zero-order valence-corrected chi connectivity index (χ0v) is 21.2. The molecular weight excluding hydrogens is 484 g/mol. The maximum atomic E-state index is 14.3. The molecular formula is C27H31ClN2O6. The van der Waals surface area contributed by atoms with Crippen LogP contribution in [0.15, 0.2) is 42.5 Å². The fourth-order valence-electron chi connectivity index (χ4n) is 6.28. The van der Waals surface area contributed by atoms with Gasteiger partial charge in [0.25, 0.3) is 5.91 Å². The molecule has 0 bridgehead atoms. The van der Waals surface area contributed by atoms with Gasteiger partial charge in [-0.15, -0.1) is 0 Å². The van der Waals surface area contributed by atoms with Crippen LogP contribution in [0.4, 0.5) is 5.69 Å². The van der Waals surface area contributed by atoms with Crippen molar-refractivity contribution in [3.63, 3.8) is 0 Å². The first-order chi connectivity index (χ1) is 17.2. The van der Waals surface area contributed by atoms with Crippen LogP contribution in [0.2, 0.25) is 5.02 Å². The molecule has 8 nitrogen and oxygen atoms in total. The van der Waals surface area contributed by atoms with Crippen LogP contribution >= 0.6 is 11.6 Å². The zero-order valence-electron chi connectivity index (χ0n) is 20.5. The Morgan fingerprint density at radius 2 is 1.94 bits per heavy atom. The first kappa shape index (κ1) is 25.0. The number of cyclic esters (lactones) is 1. The van der Waals surface area contributed by atoms with Crippen molar-refractivity contribution in [3.8, 4) is 0 Å². The van der Waals surface area contributed by atoms with Crippen molar-refractivity contribution in [3.05, 3.63) is 53.1 Å². The summed E-state index contributed by atoms with van der Waals surface area (Å²) in [7, 11) is 0. The predicted molar refractivity (Wildman–Crippen MR) is 133 cm³/mol. The van der Waals surface area contributed by atoms with Crippen molar-refractivity contribution >= 4 is 35.1 Å². The molecule has 0 saturated carbocycles. The lowest BCUT2D eigenvalue weighted by atomic mass is 9.74. The predicted octanol–water partition coefficient (Wildman–Crippen LogP) is 2.80. The molecule has 5 atom stereocenters. The van der Waals surface area contributed by atoms with E-state index in [1.54, 1.807) is 24.0 Å². The molecule has 1 aromatic rings. The van der Waals surface area contributed by atoms with Crippen LogP contribution in [0.3, 0.4) is 0 Å². The Balaban J connectivity index is 1.66. The van der Waals surface area contributed by atoms with Gasteiger partial charge in [-0.25, -0.2) is 0 Å². The molecule has 1 N–H and O–H groups in total. The molecule has 9 heteroatoms. The van der Waals surface area contributed by atoms with E-state index in [1.165, 1.54) is 4.90 Å². The number of fused-ring (bicyclic) bond motifs is 2. The molecule has 1 aromatic carbocycles. The molecule has 1 unspecified atom stereocenters. The van der Waals surface area contributed by atoms with Gasteiger partial charge < -0.3 is 24.4 Å². The van der Waals surface area contributed by atoms with Crippen molar-refractivity contribution in [1.29, 1.82) is 0 Å². The lowest BCUT2D eigenvalue weighted by Gasteiger charge is -2.37. The number of nitrogens with zero attached hydrogens (tertiary/aromatic N) is 2. The minimum atomic E-state index is -1.37. The highest BCUT2D eigenvalue weighted by molar-refractivity contribution is 6.34. The number of carbonyl (C=O) groups excluding carboxylic acids is 3. The number of aliphatic hydroxyl groups excluding tert-OH is 1. The molecule has 0 aliphatic carbocycles. The minimum Gasteiger partial charge on any atom is -0.465 e. The van der Waals surface area contributed by atoms with Crippen LogP contribution in [0.5, 0.6) is 0 Å². The summed E-state index contributed by atoms with van der Waals surface area (Å²) in [6, 6.07) is 4.40. The van der Waals surface area contributed by atoms with Crippen molar-refractivity contribution in [2.24, 2.45) is 11.8 Å². The number of rotatable bonds is 4. The number of likely N-dealkylation sites (tertiary alicyclic amines) is 1. The van der Waals surface area contributed by atoms with Crippen molar-refractivity contribution in [2.45, 2.75) is 50.4 Å². The first-order valence-corrected chi connectivity index (χ1v) is 12.8. The summed E-state index contributed by atoms with van der Waals surface area (Å²) in [5.41, 5.74) is -1.08. The summed E-state index contributed by atoms with van der Waals surface area (Å²) in [4.78, 5) is 44.7. The van der Waals surface area contributed by atoms with Crippen LogP contribution in [-0.4, -0.2) is 71.3 Å². The summed E-state index contributed by atoms with van der Waals surface area (Å²) in [6.45, 7) is 4.18. The van der Waals surface area contributed by atoms with Gasteiger partial charge in [0.1, 0.15) is 17.6 Å². The lowest BCUT2D eigenvalue weighted by Crippen LogP contribution is -2.56. The second-order valence-electron chi connectivity index (χ2n) is 10.1. The summed E-state index contributed by atoms with van der Waals surface area (Å²) in [5, 5.41) is 9.96. The molecule has 36 heavy (non-hydrogen) atoms. The summed E-state index contributed by atoms with van der Waals surface area (Å²) < 4.78 is 12.3. The quantitative estimate of drug-likeness (QED) is 0.490. The van der Waals surface area contributed by atoms with E-state index in [4.69, 9.17) is 21.1 Å². The van der Waals surface area contributed by atoms with E-state index in [0.29, 0.717) is 30.0 Å². The van der Waals surface area contributed by atoms with Gasteiger partial charge in [0.2, 0.25) is 5.91 Å². The van der Waals surface area contributed by atoms with Crippen molar-refractivity contribution < 1.29 is 29.0 Å². The van der Waals surface area contributed by atoms with Gasteiger partial charge in [-0.2, -0.15) is 0 Å². The number of amides is 2. The Kier molecular flexibility index (Phi) is 6.47. The molecule has 2 amide bonds. The number of anilines is 1. The van der Waals surface area contributed by atoms with Crippen LogP contribution < -0.4 is 4.90 Å². The van der Waals surface area contributed by atoms with Crippen molar-refractivity contribution in [1.82, 2.24) is 4.90 Å². The highest BCUT2D eigenvalue weighted by Gasteiger charge is 2.74. The molecule has 4 aliphatic rings. The third kappa shape index (κ3) is 3.69. The molecule has 5 rings (SSSR count). The largest absolute Gasteiger partial charge is 0.465 e. The van der Waals surface area contributed by atoms with Gasteiger partial charge in [-0.1, -0.05) is 48.0 Å². The number of para-hydroxylation sites is 1. The van der Waals surface area contributed by atoms with Gasteiger partial charge in [-0.3, -0.25) is 14.4 Å². The SMILES string of the molecule is Cc1cccc(Cl)c1N1CC=C[C@]23O[C@]4(C)/C=C\CCCOC(=O)[C@@H]4[C@H]2C(=O)N(CCCO)C3C1=O.